The molecule has 0 saturated carbocycles. The van der Waals surface area contributed by atoms with Crippen LogP contribution in [0.3, 0.4) is 0 Å². The minimum atomic E-state index is -0.676. The Morgan fingerprint density at radius 1 is 0.267 bits per heavy atom. The summed E-state index contributed by atoms with van der Waals surface area (Å²) in [6.45, 7) is 21.1. The van der Waals surface area contributed by atoms with Crippen molar-refractivity contribution in [1.29, 1.82) is 0 Å². The number of para-hydroxylation sites is 3. The molecule has 0 aliphatic carbocycles. The van der Waals surface area contributed by atoms with Crippen molar-refractivity contribution < 1.29 is 57.5 Å². The maximum absolute atomic E-state index is 14.1. The van der Waals surface area contributed by atoms with Gasteiger partial charge in [0, 0.05) is 171 Å². The van der Waals surface area contributed by atoms with Gasteiger partial charge in [-0.2, -0.15) is 0 Å². The molecule has 41 nitrogen and oxygen atoms in total. The van der Waals surface area contributed by atoms with Crippen molar-refractivity contribution in [3.8, 4) is 0 Å². The summed E-state index contributed by atoms with van der Waals surface area (Å²) in [6, 6.07) is 12.5. The zero-order chi connectivity index (χ0) is 98.6. The highest BCUT2D eigenvalue weighted by Crippen LogP contribution is 2.24. The standard InChI is InChI=1S/C94H159N29O12/c1-58(2)76(36-37-83(99)124)121-91(132)105-51-69(27-19-23-41-97)114-85(126)107-53-71(44-64-47-101-78-33-15-12-30-74(64)78)118-86(127)103-49-67(25-17-21-39-95)116-90(131)111-57-82(61(7)8)123-93(134)108-54-72(45-65-48-102-79-34-16-13-31-75(65)79)119-87(128)104-50-68(26-18-22-40-96)115-89(130)110-56-81(60(5)6)122-92(133)106-52-70(28-20-24-42-98)117-88(129)109-55-80(59(3)4)120-84(125)38-35-66(113-94(135)112-62(9)10)43-63-46-100-77-32-14-11-29-73(63)77/h11-16,29-34,46-48,58-62,66-72,76,80-82,100-102H,17-28,35-45,49-57,95-98H2,1-10H3,(H2,99,124)(H,120,125)(H2,103,118,127)(H2,104,119,128)(H2,105,121,132)(H2,106,122,133)(H2,107,114,126)(H2,108,123,134)(H2,109,117,129)(H2,110,115,130)(H2,111,116,131)(H2,112,113,135)/t66-,67+,68+,69+,70+,71+,72+,76-,80-,81-,82-/m1/s1. The fraction of sp³-hybridized carbons (Fsp3) is 0.617. The summed E-state index contributed by atoms with van der Waals surface area (Å²) in [4.78, 5) is 172. The lowest BCUT2D eigenvalue weighted by Gasteiger charge is -2.26. The Morgan fingerprint density at radius 3 is 0.822 bits per heavy atom. The molecule has 6 aromatic rings. The molecule has 3 heterocycles. The number of hydrogen-bond donors (Lipinski definition) is 29. The molecule has 3 aromatic carbocycles. The van der Waals surface area contributed by atoms with Gasteiger partial charge in [-0.05, 0) is 182 Å². The number of hydrogen-bond acceptors (Lipinski definition) is 16. The molecule has 11 atom stereocenters. The molecule has 0 saturated heterocycles. The first-order valence-corrected chi connectivity index (χ1v) is 48.2. The lowest BCUT2D eigenvalue weighted by molar-refractivity contribution is -0.122. The maximum Gasteiger partial charge on any atom is 0.315 e. The molecule has 135 heavy (non-hydrogen) atoms. The van der Waals surface area contributed by atoms with Gasteiger partial charge in [-0.3, -0.25) is 9.59 Å². The molecular formula is C94H159N29O12. The van der Waals surface area contributed by atoms with Crippen molar-refractivity contribution in [1.82, 2.24) is 127 Å². The number of amides is 22. The van der Waals surface area contributed by atoms with Crippen LogP contribution in [0.4, 0.5) is 47.9 Å². The van der Waals surface area contributed by atoms with Crippen LogP contribution < -0.4 is 140 Å². The zero-order valence-corrected chi connectivity index (χ0v) is 80.8. The number of nitrogens with one attached hydrogen (secondary N) is 24. The fourth-order valence-corrected chi connectivity index (χ4v) is 15.6. The minimum absolute atomic E-state index is 0.000712. The highest BCUT2D eigenvalue weighted by atomic mass is 16.2. The second-order valence-corrected chi connectivity index (χ2v) is 36.7. The van der Waals surface area contributed by atoms with E-state index in [1.54, 1.807) is 0 Å². The molecule has 0 bridgehead atoms. The van der Waals surface area contributed by atoms with Crippen LogP contribution in [-0.4, -0.2) is 245 Å². The van der Waals surface area contributed by atoms with E-state index in [4.69, 9.17) is 28.7 Å². The molecule has 0 spiro atoms. The van der Waals surface area contributed by atoms with Crippen LogP contribution >= 0.6 is 0 Å². The van der Waals surface area contributed by atoms with Gasteiger partial charge in [-0.1, -0.05) is 136 Å². The van der Waals surface area contributed by atoms with Crippen molar-refractivity contribution in [2.24, 2.45) is 52.3 Å². The lowest BCUT2D eigenvalue weighted by atomic mass is 9.99. The SMILES string of the molecule is CC(C)NC(=O)N[C@H](CCC(=O)N[C@H](CNC(=O)N[C@@H](CCCCN)CNC(=O)N[C@H](CNC(=O)N[C@@H](CCCCN)CNC(=O)N[C@H](CNC(=O)N[C@H](CNC(=O)N[C@@H](CCCCN)CNC(=O)N[C@H](CNC(=O)N[C@@H](CCCCN)CNC(=O)N[C@H](CCC(N)=O)C(C)C)Cc1c[nH]c2ccccc12)C(C)C)Cc1c[nH]c2ccccc12)C(C)C)C(C)C)Cc1c[nH]c2ccccc12. The highest BCUT2D eigenvalue weighted by molar-refractivity contribution is 5.87. The maximum atomic E-state index is 14.1. The number of nitrogens with two attached hydrogens (primary N) is 5. The summed E-state index contributed by atoms with van der Waals surface area (Å²) >= 11 is 0. The second-order valence-electron chi connectivity index (χ2n) is 36.7. The predicted octanol–water partition coefficient (Wildman–Crippen LogP) is 5.92. The van der Waals surface area contributed by atoms with Crippen LogP contribution in [-0.2, 0) is 28.9 Å². The van der Waals surface area contributed by atoms with E-state index >= 15 is 0 Å². The van der Waals surface area contributed by atoms with Gasteiger partial charge in [0.15, 0.2) is 0 Å². The van der Waals surface area contributed by atoms with E-state index in [1.807, 2.05) is 161 Å². The van der Waals surface area contributed by atoms with Crippen LogP contribution in [0, 0.1) is 23.7 Å². The molecule has 0 radical (unpaired) electrons. The van der Waals surface area contributed by atoms with Gasteiger partial charge in [-0.25, -0.2) is 47.9 Å². The molecule has 0 unspecified atom stereocenters. The Kier molecular flexibility index (Phi) is 50.9. The Balaban J connectivity index is 0.993. The van der Waals surface area contributed by atoms with Crippen molar-refractivity contribution in [2.45, 2.75) is 264 Å². The van der Waals surface area contributed by atoms with Crippen molar-refractivity contribution in [3.63, 3.8) is 0 Å². The third-order valence-electron chi connectivity index (χ3n) is 23.7. The number of unbranched alkanes of at least 4 members (excludes halogenated alkanes) is 4. The average Bonchev–Trinajstić information content (AvgIpc) is 1.70. The fourth-order valence-electron chi connectivity index (χ4n) is 15.6. The normalized spacial score (nSPS) is 13.9. The molecule has 34 N–H and O–H groups in total. The van der Waals surface area contributed by atoms with Crippen molar-refractivity contribution in [3.05, 3.63) is 108 Å². The van der Waals surface area contributed by atoms with Gasteiger partial charge in [0.1, 0.15) is 0 Å². The number of fused-ring (bicyclic) bond motifs is 3. The largest absolute Gasteiger partial charge is 0.370 e. The summed E-state index contributed by atoms with van der Waals surface area (Å²) in [5, 5.41) is 64.9. The van der Waals surface area contributed by atoms with Gasteiger partial charge < -0.3 is 155 Å². The van der Waals surface area contributed by atoms with Crippen molar-refractivity contribution in [2.75, 3.05) is 85.1 Å². The number of carbonyl (C=O) groups excluding carboxylic acids is 12. The summed E-state index contributed by atoms with van der Waals surface area (Å²) in [5.41, 5.74) is 34.4. The molecule has 752 valence electrons. The van der Waals surface area contributed by atoms with Crippen LogP contribution in [0.15, 0.2) is 91.4 Å². The highest BCUT2D eigenvalue weighted by Gasteiger charge is 2.29. The summed E-state index contributed by atoms with van der Waals surface area (Å²) < 4.78 is 0. The van der Waals surface area contributed by atoms with Gasteiger partial charge in [0.2, 0.25) is 11.8 Å². The number of aromatic nitrogens is 3. The molecule has 41 heteroatoms. The van der Waals surface area contributed by atoms with E-state index in [2.05, 4.69) is 127 Å². The van der Waals surface area contributed by atoms with E-state index in [0.29, 0.717) is 129 Å². The van der Waals surface area contributed by atoms with E-state index in [0.717, 1.165) is 49.4 Å². The Bertz CT molecular complexity index is 4580. The first-order chi connectivity index (χ1) is 64.7. The van der Waals surface area contributed by atoms with Crippen LogP contribution in [0.2, 0.25) is 0 Å². The number of primary amides is 1. The van der Waals surface area contributed by atoms with Gasteiger partial charge in [0.25, 0.3) is 0 Å². The van der Waals surface area contributed by atoms with Gasteiger partial charge in [0.05, 0.1) is 24.2 Å². The van der Waals surface area contributed by atoms with Crippen LogP contribution in [0.25, 0.3) is 32.7 Å². The molecule has 0 fully saturated rings. The van der Waals surface area contributed by atoms with Gasteiger partial charge in [-0.15, -0.1) is 0 Å². The van der Waals surface area contributed by atoms with Gasteiger partial charge >= 0.3 is 60.3 Å². The number of carbonyl (C=O) groups is 12. The second kappa shape index (κ2) is 61.6. The molecule has 0 aliphatic heterocycles. The Hall–Kier alpha value is -12.2. The molecular weight excluding hydrogens is 1730 g/mol. The van der Waals surface area contributed by atoms with E-state index in [9.17, 15) is 57.5 Å². The first kappa shape index (κ1) is 112. The number of rotatable bonds is 62. The van der Waals surface area contributed by atoms with E-state index < -0.39 is 115 Å². The third kappa shape index (κ3) is 44.2. The molecule has 6 rings (SSSR count). The first-order valence-electron chi connectivity index (χ1n) is 48.2. The van der Waals surface area contributed by atoms with Crippen LogP contribution in [0.1, 0.15) is 189 Å². The molecule has 0 aliphatic rings. The van der Waals surface area contributed by atoms with Crippen molar-refractivity contribution >= 4 is 105 Å². The summed E-state index contributed by atoms with van der Waals surface area (Å²) in [7, 11) is 0. The average molecular weight is 1890 g/mol. The van der Waals surface area contributed by atoms with E-state index in [-0.39, 0.29) is 132 Å². The van der Waals surface area contributed by atoms with Crippen LogP contribution in [0.5, 0.6) is 0 Å². The smallest absolute Gasteiger partial charge is 0.315 e. The number of urea groups is 10. The Labute approximate surface area is 794 Å². The third-order valence-corrected chi connectivity index (χ3v) is 23.7. The minimum Gasteiger partial charge on any atom is -0.370 e. The number of aromatic amines is 3. The number of H-pyrrole nitrogens is 3. The number of benzene rings is 3. The topological polar surface area (TPSA) is 635 Å². The zero-order valence-electron chi connectivity index (χ0n) is 80.8. The monoisotopic (exact) mass is 1890 g/mol. The lowest BCUT2D eigenvalue weighted by Crippen LogP contribution is -2.56. The quantitative estimate of drug-likeness (QED) is 0.0197. The van der Waals surface area contributed by atoms with E-state index in [1.165, 1.54) is 0 Å². The summed E-state index contributed by atoms with van der Waals surface area (Å²) in [5.74, 6) is -1.07. The summed E-state index contributed by atoms with van der Waals surface area (Å²) in [6.07, 6.45) is 14.9. The molecule has 22 amide bonds. The Morgan fingerprint density at radius 2 is 0.526 bits per heavy atom. The molecule has 3 aromatic heterocycles. The predicted molar refractivity (Wildman–Crippen MR) is 530 cm³/mol.